The summed E-state index contributed by atoms with van der Waals surface area (Å²) in [6.07, 6.45) is 3.94. The summed E-state index contributed by atoms with van der Waals surface area (Å²) in [5.74, 6) is 0. The van der Waals surface area contributed by atoms with E-state index in [1.807, 2.05) is 0 Å². The summed E-state index contributed by atoms with van der Waals surface area (Å²) in [5, 5.41) is 0. The molecule has 0 aliphatic carbocycles. The molecule has 0 saturated carbocycles. The molecule has 5 nitrogen and oxygen atoms in total. The van der Waals surface area contributed by atoms with E-state index in [4.69, 9.17) is 4.74 Å². The van der Waals surface area contributed by atoms with Crippen molar-refractivity contribution in [2.75, 3.05) is 6.61 Å². The first-order valence-corrected chi connectivity index (χ1v) is 3.17. The van der Waals surface area contributed by atoms with Crippen LogP contribution in [0.2, 0.25) is 0 Å². The summed E-state index contributed by atoms with van der Waals surface area (Å²) in [6, 6.07) is 0. The van der Waals surface area contributed by atoms with Crippen molar-refractivity contribution in [3.63, 3.8) is 0 Å². The Morgan fingerprint density at radius 3 is 3.18 bits per heavy atom. The van der Waals surface area contributed by atoms with Crippen LogP contribution in [0.15, 0.2) is 18.7 Å². The van der Waals surface area contributed by atoms with E-state index in [1.165, 1.54) is 0 Å². The maximum absolute atomic E-state index is 10.5. The minimum atomic E-state index is -0.622. The van der Waals surface area contributed by atoms with Crippen LogP contribution in [0.1, 0.15) is 6.23 Å². The lowest BCUT2D eigenvalue weighted by Crippen LogP contribution is -2.07. The van der Waals surface area contributed by atoms with Crippen LogP contribution >= 0.6 is 0 Å². The highest BCUT2D eigenvalue weighted by atomic mass is 16.8. The van der Waals surface area contributed by atoms with Gasteiger partial charge in [-0.25, -0.2) is 9.78 Å². The van der Waals surface area contributed by atoms with E-state index in [0.717, 1.165) is 0 Å². The second-order valence-corrected chi connectivity index (χ2v) is 2.14. The minimum absolute atomic E-state index is 0.259. The van der Waals surface area contributed by atoms with E-state index in [0.29, 0.717) is 0 Å². The number of carbonyl (C=O) groups excluding carboxylic acids is 1. The number of hydrogen-bond acceptors (Lipinski definition) is 4. The maximum atomic E-state index is 10.5. The number of rotatable bonds is 1. The maximum Gasteiger partial charge on any atom is 0.510 e. The van der Waals surface area contributed by atoms with E-state index in [2.05, 4.69) is 9.72 Å². The Kier molecular flexibility index (Phi) is 1.28. The Hall–Kier alpha value is -1.52. The van der Waals surface area contributed by atoms with Gasteiger partial charge in [0.15, 0.2) is 6.61 Å². The Morgan fingerprint density at radius 1 is 1.73 bits per heavy atom. The fourth-order valence-electron chi connectivity index (χ4n) is 0.905. The van der Waals surface area contributed by atoms with Gasteiger partial charge in [0.05, 0.1) is 6.33 Å². The van der Waals surface area contributed by atoms with Gasteiger partial charge < -0.3 is 9.47 Å². The van der Waals surface area contributed by atoms with Gasteiger partial charge in [-0.1, -0.05) is 0 Å². The predicted octanol–water partition coefficient (Wildman–Crippen LogP) is 0.548. The molecule has 0 bridgehead atoms. The van der Waals surface area contributed by atoms with E-state index in [9.17, 15) is 4.79 Å². The van der Waals surface area contributed by atoms with Crippen LogP contribution < -0.4 is 0 Å². The molecule has 1 fully saturated rings. The lowest BCUT2D eigenvalue weighted by atomic mass is 10.6. The zero-order valence-corrected chi connectivity index (χ0v) is 5.64. The molecule has 11 heavy (non-hydrogen) atoms. The molecule has 58 valence electrons. The van der Waals surface area contributed by atoms with Crippen LogP contribution in [0, 0.1) is 0 Å². The van der Waals surface area contributed by atoms with Crippen molar-refractivity contribution in [1.29, 1.82) is 0 Å². The number of cyclic esters (lactones) is 2. The van der Waals surface area contributed by atoms with Crippen LogP contribution in [0.25, 0.3) is 0 Å². The van der Waals surface area contributed by atoms with Crippen molar-refractivity contribution in [3.8, 4) is 0 Å². The molecule has 2 rings (SSSR count). The summed E-state index contributed by atoms with van der Waals surface area (Å²) in [7, 11) is 0. The topological polar surface area (TPSA) is 53.4 Å². The van der Waals surface area contributed by atoms with E-state index in [-0.39, 0.29) is 12.8 Å². The van der Waals surface area contributed by atoms with Gasteiger partial charge in [-0.15, -0.1) is 0 Å². The van der Waals surface area contributed by atoms with Gasteiger partial charge >= 0.3 is 6.16 Å². The van der Waals surface area contributed by atoms with Crippen LogP contribution in [-0.4, -0.2) is 22.3 Å². The molecule has 1 saturated heterocycles. The second-order valence-electron chi connectivity index (χ2n) is 2.14. The summed E-state index contributed by atoms with van der Waals surface area (Å²) >= 11 is 0. The first-order chi connectivity index (χ1) is 5.36. The highest BCUT2D eigenvalue weighted by molar-refractivity contribution is 5.61. The van der Waals surface area contributed by atoms with Crippen molar-refractivity contribution >= 4 is 6.16 Å². The molecule has 0 N–H and O–H groups in total. The quantitative estimate of drug-likeness (QED) is 0.554. The van der Waals surface area contributed by atoms with Gasteiger partial charge in [-0.3, -0.25) is 4.57 Å². The van der Waals surface area contributed by atoms with Gasteiger partial charge in [0.1, 0.15) is 0 Å². The first-order valence-electron chi connectivity index (χ1n) is 3.17. The molecule has 0 radical (unpaired) electrons. The van der Waals surface area contributed by atoms with Crippen molar-refractivity contribution < 1.29 is 14.3 Å². The Morgan fingerprint density at radius 2 is 2.64 bits per heavy atom. The monoisotopic (exact) mass is 154 g/mol. The van der Waals surface area contributed by atoms with Crippen molar-refractivity contribution in [1.82, 2.24) is 9.55 Å². The summed E-state index contributed by atoms with van der Waals surface area (Å²) in [5.41, 5.74) is 0. The van der Waals surface area contributed by atoms with Gasteiger partial charge in [-0.05, 0) is 0 Å². The van der Waals surface area contributed by atoms with E-state index >= 15 is 0 Å². The zero-order chi connectivity index (χ0) is 7.68. The lowest BCUT2D eigenvalue weighted by molar-refractivity contribution is 0.0957. The molecule has 1 aliphatic heterocycles. The number of imidazole rings is 1. The van der Waals surface area contributed by atoms with Crippen molar-refractivity contribution in [2.24, 2.45) is 0 Å². The third-order valence-electron chi connectivity index (χ3n) is 1.43. The first kappa shape index (κ1) is 6.21. The molecular weight excluding hydrogens is 148 g/mol. The Labute approximate surface area is 62.5 Å². The smallest absolute Gasteiger partial charge is 0.428 e. The second kappa shape index (κ2) is 2.26. The number of nitrogens with zero attached hydrogens (tertiary/aromatic N) is 2. The molecule has 0 spiro atoms. The molecule has 1 aromatic rings. The van der Waals surface area contributed by atoms with Crippen molar-refractivity contribution in [3.05, 3.63) is 18.7 Å². The fraction of sp³-hybridized carbons (Fsp3) is 0.333. The van der Waals surface area contributed by atoms with Gasteiger partial charge in [-0.2, -0.15) is 0 Å². The van der Waals surface area contributed by atoms with Gasteiger partial charge in [0, 0.05) is 12.4 Å². The van der Waals surface area contributed by atoms with E-state index < -0.39 is 6.16 Å². The minimum Gasteiger partial charge on any atom is -0.428 e. The average molecular weight is 154 g/mol. The van der Waals surface area contributed by atoms with Gasteiger partial charge in [0.25, 0.3) is 0 Å². The fourth-order valence-corrected chi connectivity index (χ4v) is 0.905. The molecule has 0 amide bonds. The standard InChI is InChI=1S/C6H6N2O3/c9-6-10-3-5(11-6)8-2-1-7-4-8/h1-2,4-5H,3H2. The highest BCUT2D eigenvalue weighted by Gasteiger charge is 2.25. The molecule has 0 aromatic carbocycles. The number of aromatic nitrogens is 2. The highest BCUT2D eigenvalue weighted by Crippen LogP contribution is 2.15. The van der Waals surface area contributed by atoms with Crippen LogP contribution in [0.3, 0.4) is 0 Å². The third kappa shape index (κ3) is 1.04. The Balaban J connectivity index is 2.13. The van der Waals surface area contributed by atoms with Crippen LogP contribution in [0.4, 0.5) is 4.79 Å². The van der Waals surface area contributed by atoms with Crippen LogP contribution in [0.5, 0.6) is 0 Å². The normalized spacial score (nSPS) is 22.9. The van der Waals surface area contributed by atoms with Gasteiger partial charge in [0.2, 0.25) is 6.23 Å². The van der Waals surface area contributed by atoms with Crippen molar-refractivity contribution in [2.45, 2.75) is 6.23 Å². The summed E-state index contributed by atoms with van der Waals surface area (Å²) in [4.78, 5) is 14.3. The molecule has 1 unspecified atom stereocenters. The molecule has 2 heterocycles. The molecule has 1 aromatic heterocycles. The number of ether oxygens (including phenoxy) is 2. The SMILES string of the molecule is O=C1OCC(n2ccnc2)O1. The zero-order valence-electron chi connectivity index (χ0n) is 5.64. The summed E-state index contributed by atoms with van der Waals surface area (Å²) in [6.45, 7) is 0.259. The molecule has 5 heteroatoms. The van der Waals surface area contributed by atoms with Crippen LogP contribution in [-0.2, 0) is 9.47 Å². The average Bonchev–Trinajstić information content (AvgIpc) is 2.55. The molecule has 1 aliphatic rings. The third-order valence-corrected chi connectivity index (χ3v) is 1.43. The largest absolute Gasteiger partial charge is 0.510 e. The number of carbonyl (C=O) groups is 1. The number of hydrogen-bond donors (Lipinski definition) is 0. The summed E-state index contributed by atoms with van der Waals surface area (Å²) < 4.78 is 11.0. The lowest BCUT2D eigenvalue weighted by Gasteiger charge is -2.05. The molecular formula is C6H6N2O3. The Bertz CT molecular complexity index is 257. The predicted molar refractivity (Wildman–Crippen MR) is 33.7 cm³/mol. The van der Waals surface area contributed by atoms with E-state index in [1.54, 1.807) is 23.3 Å². The molecule has 1 atom stereocenters.